The van der Waals surface area contributed by atoms with Crippen molar-refractivity contribution >= 4 is 6.08 Å². The van der Waals surface area contributed by atoms with Crippen molar-refractivity contribution in [2.45, 2.75) is 13.8 Å². The van der Waals surface area contributed by atoms with E-state index >= 15 is 0 Å². The Balaban J connectivity index is 2.85. The average Bonchev–Trinajstić information content (AvgIpc) is 2.17. The standard InChI is InChI=1S/C7H8NO/c1-3-4-7-8-6(2)5-9-7/h4-5H,1-2H3. The van der Waals surface area contributed by atoms with E-state index in [1.165, 1.54) is 0 Å². The van der Waals surface area contributed by atoms with Gasteiger partial charge in [-0.1, -0.05) is 0 Å². The number of aromatic nitrogens is 1. The predicted molar refractivity (Wildman–Crippen MR) is 34.6 cm³/mol. The van der Waals surface area contributed by atoms with Crippen LogP contribution < -0.4 is 0 Å². The Labute approximate surface area is 54.2 Å². The van der Waals surface area contributed by atoms with Crippen LogP contribution in [0, 0.1) is 13.0 Å². The molecule has 0 aliphatic carbocycles. The Morgan fingerprint density at radius 3 is 3.00 bits per heavy atom. The molecule has 0 saturated heterocycles. The van der Waals surface area contributed by atoms with Gasteiger partial charge in [0.05, 0.1) is 5.69 Å². The smallest absolute Gasteiger partial charge is 0.219 e. The Morgan fingerprint density at radius 1 is 1.78 bits per heavy atom. The van der Waals surface area contributed by atoms with Crippen LogP contribution in [0.15, 0.2) is 10.7 Å². The van der Waals surface area contributed by atoms with Gasteiger partial charge in [0.15, 0.2) is 0 Å². The maximum absolute atomic E-state index is 4.98. The number of hydrogen-bond acceptors (Lipinski definition) is 2. The molecule has 0 atom stereocenters. The molecule has 0 N–H and O–H groups in total. The minimum absolute atomic E-state index is 0.620. The molecule has 0 aliphatic rings. The van der Waals surface area contributed by atoms with E-state index in [1.807, 2.05) is 6.92 Å². The summed E-state index contributed by atoms with van der Waals surface area (Å²) >= 11 is 0. The van der Waals surface area contributed by atoms with Gasteiger partial charge in [0, 0.05) is 6.08 Å². The van der Waals surface area contributed by atoms with Crippen LogP contribution in [0.5, 0.6) is 0 Å². The summed E-state index contributed by atoms with van der Waals surface area (Å²) in [6.07, 6.45) is 6.13. The summed E-state index contributed by atoms with van der Waals surface area (Å²) in [5.74, 6) is 0.620. The summed E-state index contributed by atoms with van der Waals surface area (Å²) in [6, 6.07) is 0. The predicted octanol–water partition coefficient (Wildman–Crippen LogP) is 1.82. The number of aryl methyl sites for hydroxylation is 1. The van der Waals surface area contributed by atoms with Crippen molar-refractivity contribution < 1.29 is 4.42 Å². The van der Waals surface area contributed by atoms with Crippen LogP contribution in [0.1, 0.15) is 18.5 Å². The lowest BCUT2D eigenvalue weighted by molar-refractivity contribution is 0.545. The first kappa shape index (κ1) is 6.08. The lowest BCUT2D eigenvalue weighted by atomic mass is 10.5. The van der Waals surface area contributed by atoms with Crippen LogP contribution in [-0.2, 0) is 0 Å². The molecule has 1 heterocycles. The van der Waals surface area contributed by atoms with Gasteiger partial charge in [-0.25, -0.2) is 4.98 Å². The van der Waals surface area contributed by atoms with Gasteiger partial charge in [-0.05, 0) is 19.9 Å². The molecule has 1 aromatic rings. The first-order chi connectivity index (χ1) is 4.33. The van der Waals surface area contributed by atoms with Crippen molar-refractivity contribution in [1.82, 2.24) is 4.98 Å². The third-order valence-electron chi connectivity index (χ3n) is 0.905. The maximum atomic E-state index is 4.98. The fraction of sp³-hybridized carbons (Fsp3) is 0.286. The average molecular weight is 122 g/mol. The van der Waals surface area contributed by atoms with Gasteiger partial charge in [-0.3, -0.25) is 0 Å². The molecular weight excluding hydrogens is 114 g/mol. The molecule has 0 saturated carbocycles. The van der Waals surface area contributed by atoms with Gasteiger partial charge in [-0.15, -0.1) is 0 Å². The van der Waals surface area contributed by atoms with Crippen LogP contribution in [0.4, 0.5) is 0 Å². The summed E-state index contributed by atoms with van der Waals surface area (Å²) in [5, 5.41) is 0. The highest BCUT2D eigenvalue weighted by atomic mass is 16.3. The van der Waals surface area contributed by atoms with Gasteiger partial charge in [0.1, 0.15) is 6.26 Å². The van der Waals surface area contributed by atoms with Crippen molar-refractivity contribution in [3.05, 3.63) is 23.9 Å². The molecule has 0 spiro atoms. The monoisotopic (exact) mass is 122 g/mol. The van der Waals surface area contributed by atoms with E-state index in [-0.39, 0.29) is 0 Å². The van der Waals surface area contributed by atoms with Gasteiger partial charge < -0.3 is 4.42 Å². The van der Waals surface area contributed by atoms with Crippen molar-refractivity contribution in [2.24, 2.45) is 0 Å². The Kier molecular flexibility index (Phi) is 1.68. The van der Waals surface area contributed by atoms with Gasteiger partial charge in [0.25, 0.3) is 0 Å². The summed E-state index contributed by atoms with van der Waals surface area (Å²) in [5.41, 5.74) is 0.900. The molecule has 2 heteroatoms. The van der Waals surface area contributed by atoms with E-state index in [4.69, 9.17) is 4.42 Å². The second-order valence-electron chi connectivity index (χ2n) is 1.76. The second-order valence-corrected chi connectivity index (χ2v) is 1.76. The molecule has 1 rings (SSSR count). The molecule has 9 heavy (non-hydrogen) atoms. The number of nitrogens with zero attached hydrogens (tertiary/aromatic N) is 1. The molecule has 0 unspecified atom stereocenters. The van der Waals surface area contributed by atoms with Crippen LogP contribution in [0.2, 0.25) is 0 Å². The molecule has 0 fully saturated rings. The summed E-state index contributed by atoms with van der Waals surface area (Å²) in [7, 11) is 0. The Morgan fingerprint density at radius 2 is 2.56 bits per heavy atom. The third kappa shape index (κ3) is 1.42. The molecule has 1 radical (unpaired) electrons. The quantitative estimate of drug-likeness (QED) is 0.567. The largest absolute Gasteiger partial charge is 0.445 e. The fourth-order valence-corrected chi connectivity index (χ4v) is 0.562. The summed E-state index contributed by atoms with van der Waals surface area (Å²) in [6.45, 7) is 3.69. The van der Waals surface area contributed by atoms with Crippen LogP contribution in [0.25, 0.3) is 6.08 Å². The second kappa shape index (κ2) is 2.49. The lowest BCUT2D eigenvalue weighted by Gasteiger charge is -1.74. The minimum atomic E-state index is 0.620. The van der Waals surface area contributed by atoms with Gasteiger partial charge in [0.2, 0.25) is 5.89 Å². The van der Waals surface area contributed by atoms with Gasteiger partial charge in [-0.2, -0.15) is 0 Å². The highest BCUT2D eigenvalue weighted by Gasteiger charge is 1.91. The van der Waals surface area contributed by atoms with E-state index in [0.29, 0.717) is 5.89 Å². The minimum Gasteiger partial charge on any atom is -0.445 e. The molecule has 0 amide bonds. The molecule has 47 valence electrons. The number of rotatable bonds is 1. The van der Waals surface area contributed by atoms with Crippen molar-refractivity contribution in [3.8, 4) is 0 Å². The Hall–Kier alpha value is -1.05. The number of allylic oxidation sites excluding steroid dienone is 1. The lowest BCUT2D eigenvalue weighted by Crippen LogP contribution is -1.69. The van der Waals surface area contributed by atoms with E-state index in [9.17, 15) is 0 Å². The highest BCUT2D eigenvalue weighted by molar-refractivity contribution is 5.34. The molecular formula is C7H8NO. The zero-order chi connectivity index (χ0) is 6.69. The third-order valence-corrected chi connectivity index (χ3v) is 0.905. The normalized spacial score (nSPS) is 10.9. The summed E-state index contributed by atoms with van der Waals surface area (Å²) in [4.78, 5) is 4.02. The SMILES string of the molecule is C/[C]=C/c1nc(C)co1. The number of oxazole rings is 1. The molecule has 0 aromatic carbocycles. The van der Waals surface area contributed by atoms with Crippen LogP contribution in [-0.4, -0.2) is 4.98 Å². The van der Waals surface area contributed by atoms with Crippen LogP contribution >= 0.6 is 0 Å². The molecule has 0 bridgehead atoms. The molecule has 1 aromatic heterocycles. The van der Waals surface area contributed by atoms with E-state index in [0.717, 1.165) is 5.69 Å². The first-order valence-corrected chi connectivity index (χ1v) is 2.75. The van der Waals surface area contributed by atoms with Gasteiger partial charge >= 0.3 is 0 Å². The van der Waals surface area contributed by atoms with Crippen molar-refractivity contribution in [3.63, 3.8) is 0 Å². The topological polar surface area (TPSA) is 26.0 Å². The zero-order valence-electron chi connectivity index (χ0n) is 5.51. The van der Waals surface area contributed by atoms with Crippen molar-refractivity contribution in [2.75, 3.05) is 0 Å². The maximum Gasteiger partial charge on any atom is 0.219 e. The first-order valence-electron chi connectivity index (χ1n) is 2.75. The van der Waals surface area contributed by atoms with Crippen LogP contribution in [0.3, 0.4) is 0 Å². The van der Waals surface area contributed by atoms with E-state index < -0.39 is 0 Å². The van der Waals surface area contributed by atoms with Crippen molar-refractivity contribution in [1.29, 1.82) is 0 Å². The molecule has 2 nitrogen and oxygen atoms in total. The summed E-state index contributed by atoms with van der Waals surface area (Å²) < 4.78 is 4.98. The van der Waals surface area contributed by atoms with E-state index in [2.05, 4.69) is 11.1 Å². The number of hydrogen-bond donors (Lipinski definition) is 0. The Bertz CT molecular complexity index is 212. The zero-order valence-corrected chi connectivity index (χ0v) is 5.51. The highest BCUT2D eigenvalue weighted by Crippen LogP contribution is 2.00. The molecule has 0 aliphatic heterocycles. The van der Waals surface area contributed by atoms with E-state index in [1.54, 1.807) is 19.3 Å². The fourth-order valence-electron chi connectivity index (χ4n) is 0.562.